The van der Waals surface area contributed by atoms with Crippen LogP contribution in [0.1, 0.15) is 62.6 Å². The Bertz CT molecular complexity index is 995. The molecule has 1 N–H and O–H groups in total. The third-order valence-corrected chi connectivity index (χ3v) is 7.03. The van der Waals surface area contributed by atoms with Crippen molar-refractivity contribution in [3.63, 3.8) is 0 Å². The maximum atomic E-state index is 13.5. The lowest BCUT2D eigenvalue weighted by Gasteiger charge is -2.40. The Morgan fingerprint density at radius 1 is 1.14 bits per heavy atom. The summed E-state index contributed by atoms with van der Waals surface area (Å²) in [4.78, 5) is 29.8. The number of carbonyl (C=O) groups excluding carboxylic acids is 2. The Morgan fingerprint density at radius 2 is 1.86 bits per heavy atom. The van der Waals surface area contributed by atoms with Crippen molar-refractivity contribution in [2.24, 2.45) is 0 Å². The molecule has 1 fully saturated rings. The van der Waals surface area contributed by atoms with Gasteiger partial charge < -0.3 is 15.1 Å². The van der Waals surface area contributed by atoms with Crippen molar-refractivity contribution in [2.75, 3.05) is 18.4 Å². The van der Waals surface area contributed by atoms with Gasteiger partial charge in [0.15, 0.2) is 5.78 Å². The number of rotatable bonds is 11. The Labute approximate surface area is 211 Å². The summed E-state index contributed by atoms with van der Waals surface area (Å²) in [5.41, 5.74) is 4.15. The van der Waals surface area contributed by atoms with Crippen molar-refractivity contribution in [3.05, 3.63) is 77.9 Å². The number of allylic oxidation sites excluding steroid dienone is 1. The number of aryl methyl sites for hydroxylation is 2. The zero-order chi connectivity index (χ0) is 25.2. The van der Waals surface area contributed by atoms with Crippen molar-refractivity contribution in [1.82, 2.24) is 9.80 Å². The van der Waals surface area contributed by atoms with E-state index in [1.165, 1.54) is 18.9 Å². The van der Waals surface area contributed by atoms with E-state index in [0.29, 0.717) is 25.4 Å². The number of benzene rings is 2. The Morgan fingerprint density at radius 3 is 2.54 bits per heavy atom. The van der Waals surface area contributed by atoms with Crippen LogP contribution >= 0.6 is 0 Å². The number of ketones is 1. The molecule has 5 heteroatoms. The van der Waals surface area contributed by atoms with E-state index < -0.39 is 0 Å². The summed E-state index contributed by atoms with van der Waals surface area (Å²) in [7, 11) is 0. The normalized spacial score (nSPS) is 15.4. The minimum atomic E-state index is -0.0529. The van der Waals surface area contributed by atoms with Crippen LogP contribution < -0.4 is 5.32 Å². The Hall–Kier alpha value is -2.92. The van der Waals surface area contributed by atoms with Gasteiger partial charge in [0.05, 0.1) is 0 Å². The third kappa shape index (κ3) is 8.07. The van der Waals surface area contributed by atoms with Crippen LogP contribution in [0.3, 0.4) is 0 Å². The molecule has 0 saturated carbocycles. The number of nitrogens with zero attached hydrogens (tertiary/aromatic N) is 2. The molecule has 2 aromatic rings. The predicted octanol–water partition coefficient (Wildman–Crippen LogP) is 6.37. The second kappa shape index (κ2) is 13.2. The first-order valence-electron chi connectivity index (χ1n) is 13.0. The molecular weight excluding hydrogens is 434 g/mol. The standard InChI is InChI=1S/C30H41N3O2/c1-5-9-24(4)32-18-16-28(17-19-32)33(30(35)31-27-13-7-10-23(3)20-27)22-26-12-8-11-25(21-26)14-15-29(34)6-2/h6-8,10-13,20-21,24,28H,2,5,9,14-19,22H2,1,3-4H3,(H,31,35). The van der Waals surface area contributed by atoms with Crippen LogP contribution in [0.5, 0.6) is 0 Å². The third-order valence-electron chi connectivity index (χ3n) is 7.03. The zero-order valence-corrected chi connectivity index (χ0v) is 21.6. The van der Waals surface area contributed by atoms with Crippen LogP contribution in [0.2, 0.25) is 0 Å². The summed E-state index contributed by atoms with van der Waals surface area (Å²) < 4.78 is 0. The van der Waals surface area contributed by atoms with Gasteiger partial charge >= 0.3 is 6.03 Å². The fraction of sp³-hybridized carbons (Fsp3) is 0.467. The van der Waals surface area contributed by atoms with Crippen LogP contribution in [0, 0.1) is 6.92 Å². The lowest BCUT2D eigenvalue weighted by Crippen LogP contribution is -2.50. The molecule has 5 nitrogen and oxygen atoms in total. The van der Waals surface area contributed by atoms with E-state index in [1.54, 1.807) is 0 Å². The van der Waals surface area contributed by atoms with E-state index in [1.807, 2.05) is 48.2 Å². The van der Waals surface area contributed by atoms with Gasteiger partial charge in [0.2, 0.25) is 0 Å². The summed E-state index contributed by atoms with van der Waals surface area (Å²) in [6.07, 6.45) is 6.88. The second-order valence-electron chi connectivity index (χ2n) is 9.82. The highest BCUT2D eigenvalue weighted by molar-refractivity contribution is 5.90. The molecule has 35 heavy (non-hydrogen) atoms. The van der Waals surface area contributed by atoms with Gasteiger partial charge in [0.25, 0.3) is 0 Å². The number of likely N-dealkylation sites (tertiary alicyclic amines) is 1. The molecule has 188 valence electrons. The molecule has 3 rings (SSSR count). The number of amides is 2. The van der Waals surface area contributed by atoms with E-state index in [0.717, 1.165) is 48.3 Å². The first-order chi connectivity index (χ1) is 16.9. The molecule has 1 unspecified atom stereocenters. The molecule has 0 radical (unpaired) electrons. The highest BCUT2D eigenvalue weighted by Gasteiger charge is 2.29. The summed E-state index contributed by atoms with van der Waals surface area (Å²) in [6, 6.07) is 16.9. The van der Waals surface area contributed by atoms with Crippen LogP contribution in [-0.2, 0) is 17.8 Å². The number of urea groups is 1. The van der Waals surface area contributed by atoms with Crippen molar-refractivity contribution >= 4 is 17.5 Å². The largest absolute Gasteiger partial charge is 0.322 e. The zero-order valence-electron chi connectivity index (χ0n) is 21.6. The van der Waals surface area contributed by atoms with Crippen molar-refractivity contribution in [3.8, 4) is 0 Å². The minimum Gasteiger partial charge on any atom is -0.317 e. The minimum absolute atomic E-state index is 0.0529. The van der Waals surface area contributed by atoms with E-state index >= 15 is 0 Å². The number of hydrogen-bond donors (Lipinski definition) is 1. The summed E-state index contributed by atoms with van der Waals surface area (Å²) in [5, 5.41) is 3.13. The molecule has 1 aliphatic rings. The molecule has 1 heterocycles. The van der Waals surface area contributed by atoms with Gasteiger partial charge in [-0.1, -0.05) is 56.3 Å². The smallest absolute Gasteiger partial charge is 0.317 e. The second-order valence-corrected chi connectivity index (χ2v) is 9.82. The van der Waals surface area contributed by atoms with Gasteiger partial charge in [0.1, 0.15) is 0 Å². The molecule has 0 aromatic heterocycles. The molecule has 2 aromatic carbocycles. The quantitative estimate of drug-likeness (QED) is 0.384. The van der Waals surface area contributed by atoms with Gasteiger partial charge in [-0.2, -0.15) is 0 Å². The lowest BCUT2D eigenvalue weighted by atomic mass is 9.99. The van der Waals surface area contributed by atoms with Crippen molar-refractivity contribution in [1.29, 1.82) is 0 Å². The molecule has 0 aliphatic carbocycles. The van der Waals surface area contributed by atoms with Gasteiger partial charge in [-0.25, -0.2) is 4.79 Å². The Balaban J connectivity index is 1.74. The Kier molecular flexibility index (Phi) is 10.1. The van der Waals surface area contributed by atoms with Crippen LogP contribution in [0.4, 0.5) is 10.5 Å². The topological polar surface area (TPSA) is 52.7 Å². The van der Waals surface area contributed by atoms with Gasteiger partial charge in [-0.05, 0) is 74.4 Å². The molecular formula is C30H41N3O2. The summed E-state index contributed by atoms with van der Waals surface area (Å²) in [5.74, 6) is 0.0543. The highest BCUT2D eigenvalue weighted by Crippen LogP contribution is 2.23. The van der Waals surface area contributed by atoms with Gasteiger partial charge in [-0.15, -0.1) is 0 Å². The average molecular weight is 476 g/mol. The highest BCUT2D eigenvalue weighted by atomic mass is 16.2. The lowest BCUT2D eigenvalue weighted by molar-refractivity contribution is -0.114. The van der Waals surface area contributed by atoms with Crippen molar-refractivity contribution < 1.29 is 9.59 Å². The summed E-state index contributed by atoms with van der Waals surface area (Å²) >= 11 is 0. The fourth-order valence-corrected chi connectivity index (χ4v) is 4.97. The SMILES string of the molecule is C=CC(=O)CCc1cccc(CN(C(=O)Nc2cccc(C)c2)C2CCN(C(C)CCC)CC2)c1. The number of anilines is 1. The maximum absolute atomic E-state index is 13.5. The van der Waals surface area contributed by atoms with E-state index in [4.69, 9.17) is 0 Å². The number of nitrogens with one attached hydrogen (secondary N) is 1. The first kappa shape index (κ1) is 26.7. The molecule has 1 saturated heterocycles. The number of hydrogen-bond acceptors (Lipinski definition) is 3. The van der Waals surface area contributed by atoms with Crippen molar-refractivity contribution in [2.45, 2.75) is 77.9 Å². The summed E-state index contributed by atoms with van der Waals surface area (Å²) in [6.45, 7) is 12.7. The molecule has 1 aliphatic heterocycles. The van der Waals surface area contributed by atoms with Crippen LogP contribution in [-0.4, -0.2) is 46.8 Å². The monoisotopic (exact) mass is 475 g/mol. The molecule has 1 atom stereocenters. The van der Waals surface area contributed by atoms with E-state index in [-0.39, 0.29) is 17.9 Å². The number of carbonyl (C=O) groups is 2. The molecule has 2 amide bonds. The average Bonchev–Trinajstić information content (AvgIpc) is 2.86. The molecule has 0 bridgehead atoms. The van der Waals surface area contributed by atoms with E-state index in [9.17, 15) is 9.59 Å². The fourth-order valence-electron chi connectivity index (χ4n) is 4.97. The van der Waals surface area contributed by atoms with Gasteiger partial charge in [-0.3, -0.25) is 4.79 Å². The van der Waals surface area contributed by atoms with Crippen LogP contribution in [0.15, 0.2) is 61.2 Å². The molecule has 0 spiro atoms. The first-order valence-corrected chi connectivity index (χ1v) is 13.0. The van der Waals surface area contributed by atoms with Gasteiger partial charge in [0, 0.05) is 43.8 Å². The van der Waals surface area contributed by atoms with E-state index in [2.05, 4.69) is 42.8 Å². The number of piperidine rings is 1. The maximum Gasteiger partial charge on any atom is 0.322 e. The predicted molar refractivity (Wildman–Crippen MR) is 145 cm³/mol. The van der Waals surface area contributed by atoms with Crippen LogP contribution in [0.25, 0.3) is 0 Å².